The number of ether oxygens (including phenoxy) is 1. The summed E-state index contributed by atoms with van der Waals surface area (Å²) in [6, 6.07) is 14.4. The summed E-state index contributed by atoms with van der Waals surface area (Å²) < 4.78 is 21.2. The van der Waals surface area contributed by atoms with Gasteiger partial charge < -0.3 is 15.4 Å². The van der Waals surface area contributed by atoms with E-state index in [4.69, 9.17) is 9.72 Å². The first-order valence-electron chi connectivity index (χ1n) is 11.9. The molecule has 4 aromatic rings. The monoisotopic (exact) mass is 473 g/mol. The Kier molecular flexibility index (Phi) is 6.46. The number of aryl methyl sites for hydroxylation is 1. The number of halogens is 1. The molecule has 1 amide bonds. The molecule has 0 atom stereocenters. The van der Waals surface area contributed by atoms with Gasteiger partial charge in [-0.05, 0) is 81.7 Å². The van der Waals surface area contributed by atoms with Crippen LogP contribution in [0.2, 0.25) is 0 Å². The Labute approximate surface area is 203 Å². The Morgan fingerprint density at radius 1 is 1.17 bits per heavy atom. The number of rotatable bonds is 6. The molecule has 0 aliphatic carbocycles. The molecule has 2 N–H and O–H groups in total. The molecule has 0 unspecified atom stereocenters. The van der Waals surface area contributed by atoms with Crippen LogP contribution in [0.15, 0.2) is 54.7 Å². The molecule has 1 fully saturated rings. The van der Waals surface area contributed by atoms with Crippen LogP contribution < -0.4 is 15.4 Å². The number of piperidine rings is 1. The lowest BCUT2D eigenvalue weighted by Crippen LogP contribution is -2.29. The molecule has 1 saturated heterocycles. The van der Waals surface area contributed by atoms with Crippen LogP contribution in [0, 0.1) is 12.7 Å². The Morgan fingerprint density at radius 2 is 1.94 bits per heavy atom. The quantitative estimate of drug-likeness (QED) is 0.414. The van der Waals surface area contributed by atoms with Crippen LogP contribution in [0.3, 0.4) is 0 Å². The van der Waals surface area contributed by atoms with E-state index in [0.717, 1.165) is 48.6 Å². The van der Waals surface area contributed by atoms with E-state index >= 15 is 0 Å². The fourth-order valence-corrected chi connectivity index (χ4v) is 4.42. The highest BCUT2D eigenvalue weighted by atomic mass is 19.1. The van der Waals surface area contributed by atoms with E-state index in [1.54, 1.807) is 29.8 Å². The minimum atomic E-state index is -0.359. The molecule has 35 heavy (non-hydrogen) atoms. The zero-order chi connectivity index (χ0) is 24.4. The first-order chi connectivity index (χ1) is 17.0. The van der Waals surface area contributed by atoms with Gasteiger partial charge in [-0.1, -0.05) is 6.07 Å². The van der Waals surface area contributed by atoms with Crippen molar-refractivity contribution in [3.8, 4) is 17.0 Å². The van der Waals surface area contributed by atoms with Crippen LogP contribution in [-0.4, -0.2) is 40.2 Å². The van der Waals surface area contributed by atoms with Gasteiger partial charge in [-0.2, -0.15) is 5.10 Å². The molecule has 1 aliphatic rings. The maximum atomic E-state index is 14.0. The third kappa shape index (κ3) is 4.88. The summed E-state index contributed by atoms with van der Waals surface area (Å²) in [7, 11) is 0. The number of amides is 1. The van der Waals surface area contributed by atoms with E-state index in [1.165, 1.54) is 6.07 Å². The number of fused-ring (bicyclic) bond motifs is 1. The van der Waals surface area contributed by atoms with E-state index in [0.29, 0.717) is 29.1 Å². The Bertz CT molecular complexity index is 1360. The zero-order valence-electron chi connectivity index (χ0n) is 19.8. The van der Waals surface area contributed by atoms with Gasteiger partial charge in [0.1, 0.15) is 11.6 Å². The largest absolute Gasteiger partial charge is 0.494 e. The van der Waals surface area contributed by atoms with E-state index in [2.05, 4.69) is 15.7 Å². The normalized spacial score (nSPS) is 14.3. The molecule has 3 heterocycles. The first-order valence-corrected chi connectivity index (χ1v) is 11.9. The van der Waals surface area contributed by atoms with E-state index in [1.807, 2.05) is 37.3 Å². The predicted molar refractivity (Wildman–Crippen MR) is 134 cm³/mol. The highest BCUT2D eigenvalue weighted by molar-refractivity contribution is 6.05. The predicted octanol–water partition coefficient (Wildman–Crippen LogP) is 4.96. The van der Waals surface area contributed by atoms with Crippen molar-refractivity contribution in [2.45, 2.75) is 32.6 Å². The molecule has 2 aromatic carbocycles. The number of hydrogen-bond donors (Lipinski definition) is 2. The second kappa shape index (κ2) is 9.84. The average Bonchev–Trinajstić information content (AvgIpc) is 3.30. The maximum Gasteiger partial charge on any atom is 0.259 e. The lowest BCUT2D eigenvalue weighted by Gasteiger charge is -2.24. The van der Waals surface area contributed by atoms with E-state index in [9.17, 15) is 9.18 Å². The van der Waals surface area contributed by atoms with Gasteiger partial charge >= 0.3 is 0 Å². The van der Waals surface area contributed by atoms with Gasteiger partial charge in [0.2, 0.25) is 0 Å². The number of carbonyl (C=O) groups is 1. The fourth-order valence-electron chi connectivity index (χ4n) is 4.42. The molecule has 2 aromatic heterocycles. The van der Waals surface area contributed by atoms with E-state index < -0.39 is 0 Å². The molecule has 7 nitrogen and oxygen atoms in total. The molecule has 8 heteroatoms. The number of benzene rings is 2. The fraction of sp³-hybridized carbons (Fsp3) is 0.296. The number of nitrogens with zero attached hydrogens (tertiary/aromatic N) is 3. The second-order valence-electron chi connectivity index (χ2n) is 8.77. The van der Waals surface area contributed by atoms with Gasteiger partial charge in [0.05, 0.1) is 23.6 Å². The van der Waals surface area contributed by atoms with Crippen LogP contribution in [0.1, 0.15) is 47.3 Å². The number of anilines is 1. The van der Waals surface area contributed by atoms with Gasteiger partial charge in [-0.15, -0.1) is 0 Å². The minimum Gasteiger partial charge on any atom is -0.494 e. The summed E-state index contributed by atoms with van der Waals surface area (Å²) >= 11 is 0. The molecule has 0 saturated carbocycles. The van der Waals surface area contributed by atoms with Crippen molar-refractivity contribution in [1.82, 2.24) is 19.9 Å². The molecule has 0 bridgehead atoms. The number of aromatic nitrogens is 3. The van der Waals surface area contributed by atoms with Gasteiger partial charge in [0.15, 0.2) is 5.65 Å². The Hall–Kier alpha value is -3.78. The van der Waals surface area contributed by atoms with Crippen molar-refractivity contribution >= 4 is 17.2 Å². The summed E-state index contributed by atoms with van der Waals surface area (Å²) in [6.45, 7) is 5.99. The molecule has 5 rings (SSSR count). The van der Waals surface area contributed by atoms with Gasteiger partial charge in [0.25, 0.3) is 5.91 Å². The van der Waals surface area contributed by atoms with Crippen LogP contribution in [-0.2, 0) is 0 Å². The second-order valence-corrected chi connectivity index (χ2v) is 8.77. The maximum absolute atomic E-state index is 14.0. The average molecular weight is 474 g/mol. The molecule has 180 valence electrons. The van der Waals surface area contributed by atoms with Crippen LogP contribution in [0.5, 0.6) is 5.75 Å². The van der Waals surface area contributed by atoms with E-state index in [-0.39, 0.29) is 17.6 Å². The summed E-state index contributed by atoms with van der Waals surface area (Å²) in [5, 5.41) is 10.9. The highest BCUT2D eigenvalue weighted by Gasteiger charge is 2.25. The number of nitrogens with one attached hydrogen (secondary N) is 2. The van der Waals surface area contributed by atoms with Crippen molar-refractivity contribution < 1.29 is 13.9 Å². The molecular formula is C27H28FN5O2. The summed E-state index contributed by atoms with van der Waals surface area (Å²) in [5.74, 6) is 0.273. The summed E-state index contributed by atoms with van der Waals surface area (Å²) in [4.78, 5) is 18.2. The van der Waals surface area contributed by atoms with Gasteiger partial charge in [0, 0.05) is 29.4 Å². The first kappa shape index (κ1) is 23.0. The summed E-state index contributed by atoms with van der Waals surface area (Å²) in [6.07, 6.45) is 3.52. The topological polar surface area (TPSA) is 80.5 Å². The van der Waals surface area contributed by atoms with Crippen molar-refractivity contribution in [2.75, 3.05) is 25.0 Å². The Morgan fingerprint density at radius 3 is 2.66 bits per heavy atom. The van der Waals surface area contributed by atoms with Crippen LogP contribution >= 0.6 is 0 Å². The summed E-state index contributed by atoms with van der Waals surface area (Å²) in [5.41, 5.74) is 4.51. The Balaban J connectivity index is 1.52. The smallest absolute Gasteiger partial charge is 0.259 e. The van der Waals surface area contributed by atoms with Crippen molar-refractivity contribution in [3.05, 3.63) is 77.4 Å². The molecule has 0 spiro atoms. The van der Waals surface area contributed by atoms with Gasteiger partial charge in [-0.25, -0.2) is 13.9 Å². The third-order valence-electron chi connectivity index (χ3n) is 6.34. The van der Waals surface area contributed by atoms with Crippen LogP contribution in [0.4, 0.5) is 10.1 Å². The standard InChI is InChI=1S/C27H28FN5O2/c1-3-35-21-8-5-18(6-9-21)24-15-25-31-26(19-10-12-29-13-11-19)22(16-33(25)32-24)27(34)30-20-7-4-17(2)23(28)14-20/h4-9,14-16,19,29H,3,10-13H2,1-2H3,(H,30,34). The van der Waals surface area contributed by atoms with Crippen LogP contribution in [0.25, 0.3) is 16.9 Å². The van der Waals surface area contributed by atoms with Crippen molar-refractivity contribution in [1.29, 1.82) is 0 Å². The SMILES string of the molecule is CCOc1ccc(-c2cc3nc(C4CCNCC4)c(C(=O)Nc4ccc(C)c(F)c4)cn3n2)cc1. The zero-order valence-corrected chi connectivity index (χ0v) is 19.8. The molecule has 1 aliphatic heterocycles. The highest BCUT2D eigenvalue weighted by Crippen LogP contribution is 2.29. The van der Waals surface area contributed by atoms with Gasteiger partial charge in [-0.3, -0.25) is 4.79 Å². The molecule has 0 radical (unpaired) electrons. The lowest BCUT2D eigenvalue weighted by atomic mass is 9.91. The number of hydrogen-bond acceptors (Lipinski definition) is 5. The molecular weight excluding hydrogens is 445 g/mol. The van der Waals surface area contributed by atoms with Crippen molar-refractivity contribution in [2.24, 2.45) is 0 Å². The third-order valence-corrected chi connectivity index (χ3v) is 6.34. The minimum absolute atomic E-state index is 0.153. The van der Waals surface area contributed by atoms with Crippen molar-refractivity contribution in [3.63, 3.8) is 0 Å². The number of carbonyl (C=O) groups excluding carboxylic acids is 1. The lowest BCUT2D eigenvalue weighted by molar-refractivity contribution is 0.102.